The van der Waals surface area contributed by atoms with E-state index >= 15 is 0 Å². The molecule has 0 bridgehead atoms. The normalized spacial score (nSPS) is 10.7. The van der Waals surface area contributed by atoms with Crippen LogP contribution in [-0.4, -0.2) is 0 Å². The van der Waals surface area contributed by atoms with Gasteiger partial charge in [-0.3, -0.25) is 0 Å². The van der Waals surface area contributed by atoms with Gasteiger partial charge in [-0.2, -0.15) is 0 Å². The van der Waals surface area contributed by atoms with Crippen LogP contribution in [0.2, 0.25) is 0 Å². The first-order chi connectivity index (χ1) is 23.0. The fourth-order valence-electron chi connectivity index (χ4n) is 3.96. The first-order valence-corrected chi connectivity index (χ1v) is 20.1. The first kappa shape index (κ1) is 61.7. The highest BCUT2D eigenvalue weighted by Crippen LogP contribution is 2.30. The maximum Gasteiger partial charge on any atom is -0.00805 e. The summed E-state index contributed by atoms with van der Waals surface area (Å²) >= 11 is 0. The quantitative estimate of drug-likeness (QED) is 0.195. The Kier molecular flexibility index (Phi) is 43.9. The molecule has 0 aliphatic rings. The van der Waals surface area contributed by atoms with Gasteiger partial charge in [-0.25, -0.2) is 0 Å². The average Bonchev–Trinajstić information content (AvgIpc) is 3.13. The van der Waals surface area contributed by atoms with Crippen LogP contribution < -0.4 is 0 Å². The van der Waals surface area contributed by atoms with Crippen LogP contribution in [0, 0.1) is 11.3 Å². The maximum absolute atomic E-state index is 2.34. The van der Waals surface area contributed by atoms with Gasteiger partial charge in [0.15, 0.2) is 0 Å². The van der Waals surface area contributed by atoms with E-state index in [1.54, 1.807) is 0 Å². The van der Waals surface area contributed by atoms with Crippen LogP contribution in [0.5, 0.6) is 0 Å². The van der Waals surface area contributed by atoms with Gasteiger partial charge in [0.05, 0.1) is 0 Å². The van der Waals surface area contributed by atoms with E-state index in [2.05, 4.69) is 209 Å². The van der Waals surface area contributed by atoms with Crippen molar-refractivity contribution in [2.75, 3.05) is 0 Å². The van der Waals surface area contributed by atoms with Crippen LogP contribution in [0.3, 0.4) is 0 Å². The third kappa shape index (κ3) is 33.5. The summed E-state index contributed by atoms with van der Waals surface area (Å²) in [5, 5.41) is 0. The Hall–Kier alpha value is -2.34. The van der Waals surface area contributed by atoms with Crippen molar-refractivity contribution in [3.05, 3.63) is 108 Å². The Morgan fingerprint density at radius 3 is 1.00 bits per heavy atom. The zero-order valence-corrected chi connectivity index (χ0v) is 36.2. The van der Waals surface area contributed by atoms with Crippen LogP contribution in [0.15, 0.2) is 91.0 Å². The molecule has 0 amide bonds. The summed E-state index contributed by atoms with van der Waals surface area (Å²) in [4.78, 5) is 0. The minimum absolute atomic E-state index is 0. The van der Waals surface area contributed by atoms with Crippen LogP contribution in [0.4, 0.5) is 0 Å². The fourth-order valence-corrected chi connectivity index (χ4v) is 3.96. The summed E-state index contributed by atoms with van der Waals surface area (Å²) in [6, 6.07) is 32.1. The standard InChI is InChI=1S/C12H18.C11H16.C10H14.C6H14.2C5H12.3CH4/c1-4-12(3,5-2)11-9-7-6-8-10-11;1-4-11(2,3)10-8-6-5-7-9-10;1-3-9(2)10-7-5-4-6-8-10;1-5-6(2,3)4;1-4-5(2)3;1-3-5-4-2;;;/h6-10H,4-5H2,1-3H3;5-9H,4H2,1-3H3;4-9H,3H2,1-2H3;5H2,1-4H3;5H,4H2,1-3H3;3-5H2,1-2H3;3*1H4. The van der Waals surface area contributed by atoms with Gasteiger partial charge in [-0.15, -0.1) is 0 Å². The number of hydrogen-bond acceptors (Lipinski definition) is 0. The Labute approximate surface area is 332 Å². The van der Waals surface area contributed by atoms with Crippen LogP contribution in [0.1, 0.15) is 220 Å². The number of unbranched alkanes of at least 4 members (excludes halogenated alkanes) is 2. The van der Waals surface area contributed by atoms with E-state index in [9.17, 15) is 0 Å². The Morgan fingerprint density at radius 2 is 0.769 bits per heavy atom. The molecule has 0 N–H and O–H groups in total. The smallest absolute Gasteiger partial charge is 0.00805 e. The van der Waals surface area contributed by atoms with Crippen LogP contribution in [0.25, 0.3) is 0 Å². The Balaban J connectivity index is -0.000000125. The van der Waals surface area contributed by atoms with Crippen molar-refractivity contribution in [1.82, 2.24) is 0 Å². The maximum atomic E-state index is 2.34. The highest BCUT2D eigenvalue weighted by molar-refractivity contribution is 5.24. The van der Waals surface area contributed by atoms with E-state index in [-0.39, 0.29) is 22.3 Å². The van der Waals surface area contributed by atoms with E-state index < -0.39 is 0 Å². The SMILES string of the molecule is C.C.C.CCC(C)(C)C.CCC(C)(C)c1ccccc1.CCC(C)(CC)c1ccccc1.CCC(C)C.CCC(C)c1ccccc1.CCCCC. The van der Waals surface area contributed by atoms with E-state index in [0.717, 1.165) is 5.92 Å². The monoisotopic (exact) mass is 723 g/mol. The minimum Gasteiger partial charge on any atom is -0.0776 e. The minimum atomic E-state index is 0. The molecule has 0 radical (unpaired) electrons. The van der Waals surface area contributed by atoms with Crippen molar-refractivity contribution in [2.45, 2.75) is 215 Å². The zero-order chi connectivity index (χ0) is 38.4. The molecule has 0 aliphatic heterocycles. The van der Waals surface area contributed by atoms with Crippen molar-refractivity contribution < 1.29 is 0 Å². The van der Waals surface area contributed by atoms with Crippen molar-refractivity contribution in [3.63, 3.8) is 0 Å². The molecule has 0 fully saturated rings. The Bertz CT molecular complexity index is 1050. The lowest BCUT2D eigenvalue weighted by atomic mass is 9.78. The topological polar surface area (TPSA) is 0 Å². The fraction of sp³-hybridized carbons (Fsp3) is 0.654. The molecule has 306 valence electrons. The van der Waals surface area contributed by atoms with Gasteiger partial charge in [0.1, 0.15) is 0 Å². The summed E-state index contributed by atoms with van der Waals surface area (Å²) in [6.07, 6.45) is 11.5. The van der Waals surface area contributed by atoms with Crippen molar-refractivity contribution in [3.8, 4) is 0 Å². The molecule has 3 aromatic carbocycles. The Morgan fingerprint density at radius 1 is 0.442 bits per heavy atom. The predicted molar refractivity (Wildman–Crippen MR) is 250 cm³/mol. The molecule has 3 aromatic rings. The summed E-state index contributed by atoms with van der Waals surface area (Å²) < 4.78 is 0. The molecule has 0 spiro atoms. The number of rotatable bonds is 10. The molecular formula is C52H98. The van der Waals surface area contributed by atoms with E-state index in [4.69, 9.17) is 0 Å². The third-order valence-corrected chi connectivity index (χ3v) is 10.0. The van der Waals surface area contributed by atoms with E-state index in [0.29, 0.717) is 22.2 Å². The summed E-state index contributed by atoms with van der Waals surface area (Å²) in [5.41, 5.74) is 5.60. The molecule has 3 rings (SSSR count). The third-order valence-electron chi connectivity index (χ3n) is 10.0. The lowest BCUT2D eigenvalue weighted by Crippen LogP contribution is -2.18. The van der Waals surface area contributed by atoms with Crippen molar-refractivity contribution in [2.24, 2.45) is 11.3 Å². The molecule has 52 heavy (non-hydrogen) atoms. The lowest BCUT2D eigenvalue weighted by molar-refractivity contribution is 0.398. The number of hydrogen-bond donors (Lipinski definition) is 0. The largest absolute Gasteiger partial charge is 0.0776 e. The second-order valence-electron chi connectivity index (χ2n) is 16.0. The molecule has 1 unspecified atom stereocenters. The molecule has 0 aliphatic carbocycles. The second-order valence-corrected chi connectivity index (χ2v) is 16.0. The van der Waals surface area contributed by atoms with Gasteiger partial charge in [-0.1, -0.05) is 263 Å². The molecule has 0 heterocycles. The molecule has 0 heteroatoms. The van der Waals surface area contributed by atoms with Gasteiger partial charge in [0.2, 0.25) is 0 Å². The molecule has 0 saturated carbocycles. The van der Waals surface area contributed by atoms with Crippen molar-refractivity contribution in [1.29, 1.82) is 0 Å². The van der Waals surface area contributed by atoms with Gasteiger partial charge < -0.3 is 0 Å². The van der Waals surface area contributed by atoms with Crippen LogP contribution in [-0.2, 0) is 10.8 Å². The van der Waals surface area contributed by atoms with Crippen LogP contribution >= 0.6 is 0 Å². The molecular weight excluding hydrogens is 625 g/mol. The van der Waals surface area contributed by atoms with E-state index in [1.165, 1.54) is 74.5 Å². The zero-order valence-electron chi connectivity index (χ0n) is 36.2. The summed E-state index contributed by atoms with van der Waals surface area (Å²) in [6.45, 7) is 38.1. The van der Waals surface area contributed by atoms with Crippen molar-refractivity contribution >= 4 is 0 Å². The van der Waals surface area contributed by atoms with Gasteiger partial charge in [0, 0.05) is 0 Å². The highest BCUT2D eigenvalue weighted by Gasteiger charge is 2.21. The molecule has 0 aromatic heterocycles. The van der Waals surface area contributed by atoms with Gasteiger partial charge in [0.25, 0.3) is 0 Å². The second kappa shape index (κ2) is 37.0. The van der Waals surface area contributed by atoms with Gasteiger partial charge >= 0.3 is 0 Å². The average molecular weight is 723 g/mol. The summed E-state index contributed by atoms with van der Waals surface area (Å²) in [5.74, 6) is 1.59. The number of benzene rings is 3. The van der Waals surface area contributed by atoms with Gasteiger partial charge in [-0.05, 0) is 70.5 Å². The molecule has 0 nitrogen and oxygen atoms in total. The summed E-state index contributed by atoms with van der Waals surface area (Å²) in [7, 11) is 0. The first-order valence-electron chi connectivity index (χ1n) is 20.1. The molecule has 0 saturated heterocycles. The lowest BCUT2D eigenvalue weighted by Gasteiger charge is -2.27. The van der Waals surface area contributed by atoms with E-state index in [1.807, 2.05) is 0 Å². The molecule has 1 atom stereocenters. The predicted octanol–water partition coefficient (Wildman–Crippen LogP) is 18.9. The highest BCUT2D eigenvalue weighted by atomic mass is 14.3.